The first-order valence-corrected chi connectivity index (χ1v) is 13.6. The molecular formula is C29H31ClN2O4S. The number of piperidine rings is 1. The molecule has 1 saturated heterocycles. The van der Waals surface area contributed by atoms with E-state index < -0.39 is 10.1 Å². The van der Waals surface area contributed by atoms with Crippen molar-refractivity contribution < 1.29 is 17.3 Å². The van der Waals surface area contributed by atoms with E-state index in [1.807, 2.05) is 6.07 Å². The molecular weight excluding hydrogens is 508 g/mol. The van der Waals surface area contributed by atoms with Crippen LogP contribution in [0.5, 0.6) is 11.5 Å². The Labute approximate surface area is 224 Å². The van der Waals surface area contributed by atoms with Gasteiger partial charge in [0.05, 0.1) is 7.11 Å². The number of nitrogens with zero attached hydrogens (tertiary/aromatic N) is 1. The molecule has 5 rings (SSSR count). The number of hydrogen-bond acceptors (Lipinski definition) is 5. The zero-order valence-corrected chi connectivity index (χ0v) is 22.3. The summed E-state index contributed by atoms with van der Waals surface area (Å²) in [5.74, 6) is 0.855. The molecule has 1 fully saturated rings. The minimum Gasteiger partial charge on any atom is -0.496 e. The number of rotatable bonds is 8. The molecule has 0 bridgehead atoms. The van der Waals surface area contributed by atoms with E-state index >= 15 is 0 Å². The van der Waals surface area contributed by atoms with Crippen LogP contribution in [0.15, 0.2) is 95.9 Å². The Balaban J connectivity index is 0.00000320. The van der Waals surface area contributed by atoms with Gasteiger partial charge >= 0.3 is 10.1 Å². The molecule has 0 spiro atoms. The molecule has 1 N–H and O–H groups in total. The average molecular weight is 539 g/mol. The molecule has 1 unspecified atom stereocenters. The molecule has 1 aromatic heterocycles. The highest BCUT2D eigenvalue weighted by molar-refractivity contribution is 7.87. The van der Waals surface area contributed by atoms with E-state index in [2.05, 4.69) is 46.3 Å². The predicted octanol–water partition coefficient (Wildman–Crippen LogP) is 6.61. The van der Waals surface area contributed by atoms with Crippen molar-refractivity contribution in [3.8, 4) is 22.8 Å². The zero-order chi connectivity index (χ0) is 25.0. The number of ether oxygens (including phenoxy) is 1. The normalized spacial score (nSPS) is 16.1. The fourth-order valence-electron chi connectivity index (χ4n) is 4.85. The Morgan fingerprint density at radius 1 is 0.919 bits per heavy atom. The van der Waals surface area contributed by atoms with Gasteiger partial charge in [-0.2, -0.15) is 8.42 Å². The zero-order valence-electron chi connectivity index (χ0n) is 20.7. The fourth-order valence-corrected chi connectivity index (χ4v) is 5.80. The maximum Gasteiger partial charge on any atom is 0.339 e. The standard InChI is InChI=1S/C29H30N2O4S.ClH/c1-34-29-18-16-25(36(32,33)35-24-12-6-3-7-13-24)20-26(29)27-17-15-23(30-27)21-31-19-9-8-14-28(31)22-10-4-2-5-11-22;/h2-7,10-13,15-18,20,28,30H,8-9,14,19,21H2,1H3;1H. The summed E-state index contributed by atoms with van der Waals surface area (Å²) in [6.45, 7) is 1.83. The van der Waals surface area contributed by atoms with Gasteiger partial charge in [-0.05, 0) is 67.4 Å². The summed E-state index contributed by atoms with van der Waals surface area (Å²) in [5.41, 5.74) is 3.89. The Kier molecular flexibility index (Phi) is 8.59. The highest BCUT2D eigenvalue weighted by Crippen LogP contribution is 2.35. The molecule has 0 amide bonds. The Hall–Kier alpha value is -3.26. The lowest BCUT2D eigenvalue weighted by Crippen LogP contribution is -2.33. The first-order valence-electron chi connectivity index (χ1n) is 12.2. The summed E-state index contributed by atoms with van der Waals surface area (Å²) < 4.78 is 36.8. The monoisotopic (exact) mass is 538 g/mol. The molecule has 0 saturated carbocycles. The maximum absolute atomic E-state index is 12.9. The topological polar surface area (TPSA) is 71.6 Å². The predicted molar refractivity (Wildman–Crippen MR) is 148 cm³/mol. The van der Waals surface area contributed by atoms with Crippen LogP contribution in [0.1, 0.15) is 36.6 Å². The quantitative estimate of drug-likeness (QED) is 0.256. The fraction of sp³-hybridized carbons (Fsp3) is 0.241. The summed E-state index contributed by atoms with van der Waals surface area (Å²) in [5, 5.41) is 0. The van der Waals surface area contributed by atoms with E-state index in [1.165, 1.54) is 24.5 Å². The Morgan fingerprint density at radius 3 is 2.38 bits per heavy atom. The van der Waals surface area contributed by atoms with E-state index in [-0.39, 0.29) is 23.1 Å². The van der Waals surface area contributed by atoms with Gasteiger partial charge in [0, 0.05) is 29.5 Å². The largest absolute Gasteiger partial charge is 0.496 e. The van der Waals surface area contributed by atoms with Gasteiger partial charge in [0.1, 0.15) is 16.4 Å². The van der Waals surface area contributed by atoms with Crippen molar-refractivity contribution >= 4 is 22.5 Å². The minimum atomic E-state index is -4.00. The van der Waals surface area contributed by atoms with Crippen molar-refractivity contribution in [3.63, 3.8) is 0 Å². The number of methoxy groups -OCH3 is 1. The van der Waals surface area contributed by atoms with Crippen molar-refractivity contribution in [1.82, 2.24) is 9.88 Å². The lowest BCUT2D eigenvalue weighted by atomic mass is 9.95. The molecule has 6 nitrogen and oxygen atoms in total. The molecule has 8 heteroatoms. The molecule has 37 heavy (non-hydrogen) atoms. The number of nitrogens with one attached hydrogen (secondary N) is 1. The van der Waals surface area contributed by atoms with Crippen LogP contribution < -0.4 is 8.92 Å². The summed E-state index contributed by atoms with van der Waals surface area (Å²) in [7, 11) is -2.42. The van der Waals surface area contributed by atoms with E-state index in [0.717, 1.165) is 30.9 Å². The second-order valence-corrected chi connectivity index (χ2v) is 10.5. The van der Waals surface area contributed by atoms with Crippen LogP contribution in [0, 0.1) is 0 Å². The van der Waals surface area contributed by atoms with Crippen molar-refractivity contribution in [2.75, 3.05) is 13.7 Å². The van der Waals surface area contributed by atoms with E-state index in [0.29, 0.717) is 17.4 Å². The number of aromatic amines is 1. The van der Waals surface area contributed by atoms with Crippen molar-refractivity contribution in [2.24, 2.45) is 0 Å². The van der Waals surface area contributed by atoms with Crippen LogP contribution in [0.4, 0.5) is 0 Å². The number of halogens is 1. The third-order valence-corrected chi connectivity index (χ3v) is 7.86. The number of benzene rings is 3. The highest BCUT2D eigenvalue weighted by atomic mass is 35.5. The molecule has 3 aromatic carbocycles. The van der Waals surface area contributed by atoms with Gasteiger partial charge in [0.2, 0.25) is 0 Å². The molecule has 194 valence electrons. The SMILES string of the molecule is COc1ccc(S(=O)(=O)Oc2ccccc2)cc1-c1ccc(CN2CCCCC2c2ccccc2)[nH]1.Cl. The van der Waals surface area contributed by atoms with Crippen molar-refractivity contribution in [2.45, 2.75) is 36.7 Å². The van der Waals surface area contributed by atoms with E-state index in [9.17, 15) is 8.42 Å². The Bertz CT molecular complexity index is 1410. The molecule has 1 atom stereocenters. The van der Waals surface area contributed by atoms with Crippen molar-refractivity contribution in [1.29, 1.82) is 0 Å². The maximum atomic E-state index is 12.9. The van der Waals surface area contributed by atoms with Gasteiger partial charge in [-0.3, -0.25) is 4.90 Å². The van der Waals surface area contributed by atoms with Gasteiger partial charge in [0.25, 0.3) is 0 Å². The summed E-state index contributed by atoms with van der Waals surface area (Å²) in [4.78, 5) is 6.08. The second-order valence-electron chi connectivity index (χ2n) is 9.00. The van der Waals surface area contributed by atoms with Crippen molar-refractivity contribution in [3.05, 3.63) is 102 Å². The van der Waals surface area contributed by atoms with Gasteiger partial charge in [-0.15, -0.1) is 12.4 Å². The first kappa shape index (κ1) is 26.8. The summed E-state index contributed by atoms with van der Waals surface area (Å²) >= 11 is 0. The smallest absolute Gasteiger partial charge is 0.339 e. The van der Waals surface area contributed by atoms with Crippen LogP contribution in [0.3, 0.4) is 0 Å². The first-order chi connectivity index (χ1) is 17.5. The average Bonchev–Trinajstić information content (AvgIpc) is 3.38. The van der Waals surface area contributed by atoms with Gasteiger partial charge in [-0.1, -0.05) is 55.0 Å². The molecule has 0 aliphatic carbocycles. The Morgan fingerprint density at radius 2 is 1.65 bits per heavy atom. The molecule has 4 aromatic rings. The van der Waals surface area contributed by atoms with E-state index in [1.54, 1.807) is 49.6 Å². The van der Waals surface area contributed by atoms with Crippen LogP contribution in [-0.4, -0.2) is 32.0 Å². The number of H-pyrrole nitrogens is 1. The van der Waals surface area contributed by atoms with Crippen LogP contribution >= 0.6 is 12.4 Å². The van der Waals surface area contributed by atoms with Gasteiger partial charge in [-0.25, -0.2) is 0 Å². The lowest BCUT2D eigenvalue weighted by Gasteiger charge is -2.35. The summed E-state index contributed by atoms with van der Waals surface area (Å²) in [6, 6.07) is 28.4. The second kappa shape index (κ2) is 11.9. The minimum absolute atomic E-state index is 0. The molecule has 1 aliphatic heterocycles. The van der Waals surface area contributed by atoms with Gasteiger partial charge < -0.3 is 13.9 Å². The molecule has 0 radical (unpaired) electrons. The van der Waals surface area contributed by atoms with E-state index in [4.69, 9.17) is 8.92 Å². The number of aromatic nitrogens is 1. The highest BCUT2D eigenvalue weighted by Gasteiger charge is 2.25. The van der Waals surface area contributed by atoms with Crippen LogP contribution in [-0.2, 0) is 16.7 Å². The third-order valence-electron chi connectivity index (χ3n) is 6.62. The number of hydrogen-bond donors (Lipinski definition) is 1. The van der Waals surface area contributed by atoms with Gasteiger partial charge in [0.15, 0.2) is 0 Å². The molecule has 1 aliphatic rings. The van der Waals surface area contributed by atoms with Crippen LogP contribution in [0.25, 0.3) is 11.3 Å². The summed E-state index contributed by atoms with van der Waals surface area (Å²) in [6.07, 6.45) is 3.56. The van der Waals surface area contributed by atoms with Crippen LogP contribution in [0.2, 0.25) is 0 Å². The lowest BCUT2D eigenvalue weighted by molar-refractivity contribution is 0.139. The number of likely N-dealkylation sites (tertiary alicyclic amines) is 1. The third kappa shape index (κ3) is 6.18. The molecule has 2 heterocycles. The number of para-hydroxylation sites is 1.